The summed E-state index contributed by atoms with van der Waals surface area (Å²) in [5.41, 5.74) is 10.7. The molecule has 0 aromatic heterocycles. The Morgan fingerprint density at radius 1 is 1.65 bits per heavy atom. The van der Waals surface area contributed by atoms with Crippen molar-refractivity contribution in [2.45, 2.75) is 37.7 Å². The van der Waals surface area contributed by atoms with E-state index in [2.05, 4.69) is 0 Å². The van der Waals surface area contributed by atoms with Gasteiger partial charge >= 0.3 is 13.1 Å². The molecule has 112 valence electrons. The molecule has 20 heavy (non-hydrogen) atoms. The van der Waals surface area contributed by atoms with Gasteiger partial charge in [-0.2, -0.15) is 0 Å². The van der Waals surface area contributed by atoms with Crippen molar-refractivity contribution in [1.82, 2.24) is 4.90 Å². The number of carbonyl (C=O) groups is 2. The third-order valence-electron chi connectivity index (χ3n) is 4.20. The first-order valence-electron chi connectivity index (χ1n) is 6.95. The van der Waals surface area contributed by atoms with Gasteiger partial charge in [0, 0.05) is 26.1 Å². The van der Waals surface area contributed by atoms with Crippen LogP contribution in [0.15, 0.2) is 0 Å². The highest BCUT2D eigenvalue weighted by atomic mass is 16.6. The van der Waals surface area contributed by atoms with Crippen LogP contribution in [0.5, 0.6) is 0 Å². The summed E-state index contributed by atoms with van der Waals surface area (Å²) in [5, 5.41) is 0. The quantitative estimate of drug-likeness (QED) is 0.627. The van der Waals surface area contributed by atoms with Gasteiger partial charge in [0.25, 0.3) is 0 Å². The maximum absolute atomic E-state index is 12.3. The van der Waals surface area contributed by atoms with Crippen molar-refractivity contribution in [3.63, 3.8) is 0 Å². The zero-order valence-electron chi connectivity index (χ0n) is 12.0. The Bertz CT molecular complexity index is 406. The van der Waals surface area contributed by atoms with E-state index in [1.807, 2.05) is 0 Å². The highest BCUT2D eigenvalue weighted by molar-refractivity contribution is 6.47. The van der Waals surface area contributed by atoms with E-state index in [0.29, 0.717) is 12.9 Å². The average molecular weight is 283 g/mol. The van der Waals surface area contributed by atoms with Crippen LogP contribution in [0.3, 0.4) is 0 Å². The number of amides is 1. The lowest BCUT2D eigenvalue weighted by atomic mass is 9.75. The zero-order chi connectivity index (χ0) is 14.9. The van der Waals surface area contributed by atoms with Crippen LogP contribution in [0, 0.1) is 5.92 Å². The van der Waals surface area contributed by atoms with Crippen molar-refractivity contribution in [3.05, 3.63) is 0 Å². The Morgan fingerprint density at radius 2 is 2.35 bits per heavy atom. The van der Waals surface area contributed by atoms with Gasteiger partial charge in [0.2, 0.25) is 5.91 Å². The first-order chi connectivity index (χ1) is 9.38. The third kappa shape index (κ3) is 2.68. The highest BCUT2D eigenvalue weighted by Gasteiger charge is 2.53. The molecule has 7 nitrogen and oxygen atoms in total. The molecule has 8 heteroatoms. The van der Waals surface area contributed by atoms with E-state index in [1.54, 1.807) is 11.8 Å². The maximum Gasteiger partial charge on any atom is 0.527 e. The normalized spacial score (nSPS) is 32.2. The van der Waals surface area contributed by atoms with Crippen molar-refractivity contribution >= 4 is 19.0 Å². The van der Waals surface area contributed by atoms with Crippen LogP contribution >= 0.6 is 0 Å². The second kappa shape index (κ2) is 5.71. The van der Waals surface area contributed by atoms with Crippen LogP contribution in [-0.2, 0) is 18.9 Å². The van der Waals surface area contributed by atoms with Crippen molar-refractivity contribution < 1.29 is 18.9 Å². The second-order valence-corrected chi connectivity index (χ2v) is 5.75. The molecule has 2 rings (SSSR count). The van der Waals surface area contributed by atoms with Crippen LogP contribution in [0.1, 0.15) is 19.8 Å². The molecule has 0 radical (unpaired) electrons. The van der Waals surface area contributed by atoms with Crippen LogP contribution in [0.4, 0.5) is 0 Å². The van der Waals surface area contributed by atoms with Gasteiger partial charge in [-0.05, 0) is 19.7 Å². The fourth-order valence-corrected chi connectivity index (χ4v) is 2.96. The average Bonchev–Trinajstić information content (AvgIpc) is 2.73. The summed E-state index contributed by atoms with van der Waals surface area (Å²) in [7, 11) is 0.947. The topological polar surface area (TPSA) is 108 Å². The summed E-state index contributed by atoms with van der Waals surface area (Å²) in [5.74, 6) is -0.762. The Balaban J connectivity index is 2.16. The standard InChI is InChI=1S/C12H22BN3O4/c1-8(14)10(17)16-6-9-4-3-5-13(19-2)20-11(18)12(9,15)7-16/h8-9H,3-7,14-15H2,1-2H3. The van der Waals surface area contributed by atoms with Gasteiger partial charge < -0.3 is 25.7 Å². The molecule has 3 unspecified atom stereocenters. The first-order valence-corrected chi connectivity index (χ1v) is 6.95. The molecule has 2 heterocycles. The Labute approximate surface area is 119 Å². The number of nitrogens with two attached hydrogens (primary N) is 2. The number of rotatable bonds is 2. The minimum Gasteiger partial charge on any atom is -0.508 e. The predicted octanol–water partition coefficient (Wildman–Crippen LogP) is -1.04. The zero-order valence-corrected chi connectivity index (χ0v) is 12.0. The van der Waals surface area contributed by atoms with Crippen molar-refractivity contribution in [2.24, 2.45) is 17.4 Å². The fourth-order valence-electron chi connectivity index (χ4n) is 2.96. The molecule has 3 atom stereocenters. The minimum absolute atomic E-state index is 0.0875. The lowest BCUT2D eigenvalue weighted by Crippen LogP contribution is -2.58. The van der Waals surface area contributed by atoms with Gasteiger partial charge in [-0.1, -0.05) is 6.42 Å². The number of fused-ring (bicyclic) bond motifs is 1. The van der Waals surface area contributed by atoms with E-state index in [-0.39, 0.29) is 18.4 Å². The van der Waals surface area contributed by atoms with Crippen molar-refractivity contribution in [3.8, 4) is 0 Å². The number of carbonyl (C=O) groups excluding carboxylic acids is 2. The Kier molecular flexibility index (Phi) is 4.36. The maximum atomic E-state index is 12.3. The molecule has 0 bridgehead atoms. The molecule has 2 saturated heterocycles. The fraction of sp³-hybridized carbons (Fsp3) is 0.833. The van der Waals surface area contributed by atoms with Gasteiger partial charge in [0.1, 0.15) is 5.54 Å². The predicted molar refractivity (Wildman–Crippen MR) is 73.5 cm³/mol. The molecule has 0 aromatic carbocycles. The number of hydrogen-bond donors (Lipinski definition) is 2. The van der Waals surface area contributed by atoms with E-state index in [4.69, 9.17) is 20.8 Å². The number of likely N-dealkylation sites (tertiary alicyclic amines) is 1. The Morgan fingerprint density at radius 3 is 2.95 bits per heavy atom. The van der Waals surface area contributed by atoms with Gasteiger partial charge in [-0.25, -0.2) is 0 Å². The van der Waals surface area contributed by atoms with Gasteiger partial charge in [0.15, 0.2) is 0 Å². The van der Waals surface area contributed by atoms with Gasteiger partial charge in [0.05, 0.1) is 6.04 Å². The molecule has 2 aliphatic heterocycles. The monoisotopic (exact) mass is 283 g/mol. The van der Waals surface area contributed by atoms with E-state index in [0.717, 1.165) is 12.8 Å². The lowest BCUT2D eigenvalue weighted by molar-refractivity contribution is -0.143. The van der Waals surface area contributed by atoms with Crippen molar-refractivity contribution in [2.75, 3.05) is 20.2 Å². The molecule has 2 aliphatic rings. The molecule has 2 fully saturated rings. The molecule has 0 aromatic rings. The van der Waals surface area contributed by atoms with Crippen molar-refractivity contribution in [1.29, 1.82) is 0 Å². The lowest BCUT2D eigenvalue weighted by Gasteiger charge is -2.31. The summed E-state index contributed by atoms with van der Waals surface area (Å²) in [6.45, 7) is 2.25. The largest absolute Gasteiger partial charge is 0.527 e. The van der Waals surface area contributed by atoms with E-state index < -0.39 is 24.7 Å². The molecule has 0 aliphatic carbocycles. The van der Waals surface area contributed by atoms with E-state index in [1.165, 1.54) is 7.11 Å². The number of hydrogen-bond acceptors (Lipinski definition) is 6. The molecule has 0 saturated carbocycles. The summed E-state index contributed by atoms with van der Waals surface area (Å²) >= 11 is 0. The number of nitrogens with zero attached hydrogens (tertiary/aromatic N) is 1. The summed E-state index contributed by atoms with van der Waals surface area (Å²) in [6, 6.07) is -0.592. The Hall–Kier alpha value is -1.12. The van der Waals surface area contributed by atoms with Crippen LogP contribution in [-0.4, -0.2) is 55.7 Å². The molecule has 0 spiro atoms. The summed E-state index contributed by atoms with van der Waals surface area (Å²) in [6.07, 6.45) is 2.26. The van der Waals surface area contributed by atoms with E-state index in [9.17, 15) is 9.59 Å². The van der Waals surface area contributed by atoms with Crippen LogP contribution in [0.25, 0.3) is 0 Å². The van der Waals surface area contributed by atoms with Gasteiger partial charge in [-0.15, -0.1) is 0 Å². The van der Waals surface area contributed by atoms with E-state index >= 15 is 0 Å². The van der Waals surface area contributed by atoms with Crippen LogP contribution in [0.2, 0.25) is 6.32 Å². The molecular formula is C12H22BN3O4. The summed E-state index contributed by atoms with van der Waals surface area (Å²) in [4.78, 5) is 25.9. The second-order valence-electron chi connectivity index (χ2n) is 5.75. The first kappa shape index (κ1) is 15.3. The highest BCUT2D eigenvalue weighted by Crippen LogP contribution is 2.33. The summed E-state index contributed by atoms with van der Waals surface area (Å²) < 4.78 is 10.4. The third-order valence-corrected chi connectivity index (χ3v) is 4.20. The molecular weight excluding hydrogens is 261 g/mol. The van der Waals surface area contributed by atoms with Crippen LogP contribution < -0.4 is 11.5 Å². The smallest absolute Gasteiger partial charge is 0.508 e. The molecule has 1 amide bonds. The minimum atomic E-state index is -1.15. The SMILES string of the molecule is COB1CCCC2CN(C(=O)C(C)N)CC2(N)C(=O)O1. The van der Waals surface area contributed by atoms with Gasteiger partial charge in [-0.3, -0.25) is 9.59 Å². The molecule has 4 N–H and O–H groups in total.